The first-order valence-electron chi connectivity index (χ1n) is 10.7. The van der Waals surface area contributed by atoms with Crippen LogP contribution in [0.2, 0.25) is 10.0 Å². The summed E-state index contributed by atoms with van der Waals surface area (Å²) in [5.41, 5.74) is 4.02. The molecule has 0 radical (unpaired) electrons. The smallest absolute Gasteiger partial charge is 0.410 e. The molecule has 1 aliphatic heterocycles. The molecule has 0 bridgehead atoms. The summed E-state index contributed by atoms with van der Waals surface area (Å²) >= 11 is 14.1. The molecule has 0 atom stereocenters. The van der Waals surface area contributed by atoms with Crippen LogP contribution in [-0.2, 0) is 17.8 Å². The molecule has 0 saturated carbocycles. The van der Waals surface area contributed by atoms with Crippen molar-refractivity contribution in [1.29, 1.82) is 0 Å². The number of hydrogen-bond donors (Lipinski definition) is 0. The molecule has 8 heteroatoms. The zero-order valence-corrected chi connectivity index (χ0v) is 22.4. The fraction of sp³-hybridized carbons (Fsp3) is 0.440. The normalized spacial score (nSPS) is 14.3. The Labute approximate surface area is 210 Å². The molecular formula is C25H30Cl2N2O3S. The van der Waals surface area contributed by atoms with Crippen molar-refractivity contribution in [2.45, 2.75) is 65.0 Å². The standard InChI is InChI=1S/C25H30Cl2N2O3S/c1-24(2,3)32-23(30)29-13-16-9-8-15(10-17(16)14-29)22(28-33-25(4,5)6)18-11-19(26)20(27)12-21(18)31-7/h8-12H,13-14H2,1-7H3/b28-22+. The molecule has 5 nitrogen and oxygen atoms in total. The Morgan fingerprint density at radius 3 is 2.24 bits per heavy atom. The largest absolute Gasteiger partial charge is 0.496 e. The highest BCUT2D eigenvalue weighted by atomic mass is 35.5. The Hall–Kier alpha value is -1.89. The van der Waals surface area contributed by atoms with Crippen LogP contribution in [-0.4, -0.2) is 34.2 Å². The summed E-state index contributed by atoms with van der Waals surface area (Å²) in [4.78, 5) is 14.3. The Kier molecular flexibility index (Phi) is 7.62. The summed E-state index contributed by atoms with van der Waals surface area (Å²) in [6.45, 7) is 12.9. The van der Waals surface area contributed by atoms with Gasteiger partial charge in [0.05, 0.1) is 22.9 Å². The van der Waals surface area contributed by atoms with Gasteiger partial charge in [-0.05, 0) is 76.7 Å². The number of rotatable bonds is 4. The first-order chi connectivity index (χ1) is 15.3. The fourth-order valence-corrected chi connectivity index (χ4v) is 4.21. The van der Waals surface area contributed by atoms with E-state index in [1.165, 1.54) is 11.9 Å². The van der Waals surface area contributed by atoms with Gasteiger partial charge in [0.2, 0.25) is 0 Å². The topological polar surface area (TPSA) is 51.1 Å². The van der Waals surface area contributed by atoms with Crippen LogP contribution in [0.5, 0.6) is 5.75 Å². The molecule has 3 rings (SSSR count). The minimum absolute atomic E-state index is 0.0844. The van der Waals surface area contributed by atoms with E-state index < -0.39 is 5.60 Å². The number of ether oxygens (including phenoxy) is 2. The molecule has 0 spiro atoms. The molecule has 0 saturated heterocycles. The van der Waals surface area contributed by atoms with Crippen molar-refractivity contribution in [1.82, 2.24) is 4.90 Å². The summed E-state index contributed by atoms with van der Waals surface area (Å²) in [5.74, 6) is 0.591. The molecule has 2 aromatic carbocycles. The van der Waals surface area contributed by atoms with E-state index >= 15 is 0 Å². The first-order valence-corrected chi connectivity index (χ1v) is 12.2. The van der Waals surface area contributed by atoms with Crippen LogP contribution in [0.25, 0.3) is 0 Å². The van der Waals surface area contributed by atoms with Gasteiger partial charge in [0.15, 0.2) is 0 Å². The molecule has 1 aliphatic rings. The molecule has 2 aromatic rings. The third-order valence-electron chi connectivity index (χ3n) is 4.76. The van der Waals surface area contributed by atoms with Crippen LogP contribution in [0.4, 0.5) is 4.79 Å². The highest BCUT2D eigenvalue weighted by Gasteiger charge is 2.28. The van der Waals surface area contributed by atoms with Crippen LogP contribution in [0.15, 0.2) is 34.7 Å². The SMILES string of the molecule is COc1cc(Cl)c(Cl)cc1/C(=N/SC(C)(C)C)c1ccc2c(c1)CN(C(=O)OC(C)(C)C)C2. The predicted molar refractivity (Wildman–Crippen MR) is 138 cm³/mol. The molecule has 0 N–H and O–H groups in total. The highest BCUT2D eigenvalue weighted by Crippen LogP contribution is 2.35. The third-order valence-corrected chi connectivity index (χ3v) is 6.31. The lowest BCUT2D eigenvalue weighted by Crippen LogP contribution is -2.33. The molecule has 1 heterocycles. The molecule has 0 aromatic heterocycles. The van der Waals surface area contributed by atoms with E-state index in [1.54, 1.807) is 24.1 Å². The van der Waals surface area contributed by atoms with Gasteiger partial charge in [-0.1, -0.05) is 35.3 Å². The number of nitrogens with zero attached hydrogens (tertiary/aromatic N) is 2. The van der Waals surface area contributed by atoms with Gasteiger partial charge in [0.1, 0.15) is 11.4 Å². The van der Waals surface area contributed by atoms with Crippen LogP contribution in [0, 0.1) is 0 Å². The van der Waals surface area contributed by atoms with Gasteiger partial charge < -0.3 is 9.47 Å². The Morgan fingerprint density at radius 1 is 1.00 bits per heavy atom. The molecular weight excluding hydrogens is 479 g/mol. The lowest BCUT2D eigenvalue weighted by Gasteiger charge is -2.24. The van der Waals surface area contributed by atoms with E-state index in [0.717, 1.165) is 28.0 Å². The number of halogens is 2. The van der Waals surface area contributed by atoms with Crippen molar-refractivity contribution in [2.75, 3.05) is 7.11 Å². The second-order valence-corrected chi connectivity index (χ2v) is 12.3. The number of amides is 1. The maximum absolute atomic E-state index is 12.6. The summed E-state index contributed by atoms with van der Waals surface area (Å²) in [6, 6.07) is 9.61. The van der Waals surface area contributed by atoms with Gasteiger partial charge in [-0.2, -0.15) is 0 Å². The van der Waals surface area contributed by atoms with Crippen LogP contribution in [0.3, 0.4) is 0 Å². The van der Waals surface area contributed by atoms with Gasteiger partial charge in [0.25, 0.3) is 0 Å². The summed E-state index contributed by atoms with van der Waals surface area (Å²) < 4.78 is 16.0. The second kappa shape index (κ2) is 9.77. The van der Waals surface area contributed by atoms with E-state index in [0.29, 0.717) is 28.9 Å². The van der Waals surface area contributed by atoms with Crippen molar-refractivity contribution in [2.24, 2.45) is 4.40 Å². The average molecular weight is 509 g/mol. The van der Waals surface area contributed by atoms with Gasteiger partial charge in [-0.15, -0.1) is 0 Å². The molecule has 0 unspecified atom stereocenters. The van der Waals surface area contributed by atoms with E-state index in [-0.39, 0.29) is 10.8 Å². The Balaban J connectivity index is 2.01. The lowest BCUT2D eigenvalue weighted by molar-refractivity contribution is 0.0242. The molecule has 0 aliphatic carbocycles. The average Bonchev–Trinajstić information content (AvgIpc) is 3.12. The summed E-state index contributed by atoms with van der Waals surface area (Å²) in [6.07, 6.45) is -0.316. The van der Waals surface area contributed by atoms with E-state index in [2.05, 4.69) is 26.8 Å². The van der Waals surface area contributed by atoms with Crippen molar-refractivity contribution in [3.05, 3.63) is 62.6 Å². The quantitative estimate of drug-likeness (QED) is 0.316. The van der Waals surface area contributed by atoms with E-state index in [9.17, 15) is 4.79 Å². The predicted octanol–water partition coefficient (Wildman–Crippen LogP) is 7.54. The maximum Gasteiger partial charge on any atom is 0.410 e. The third kappa shape index (κ3) is 6.58. The zero-order valence-electron chi connectivity index (χ0n) is 20.1. The zero-order chi connectivity index (χ0) is 24.6. The number of benzene rings is 2. The van der Waals surface area contributed by atoms with Crippen molar-refractivity contribution >= 4 is 47.0 Å². The van der Waals surface area contributed by atoms with Crippen LogP contribution < -0.4 is 4.74 Å². The fourth-order valence-electron chi connectivity index (χ4n) is 3.32. The van der Waals surface area contributed by atoms with Crippen molar-refractivity contribution in [3.8, 4) is 5.75 Å². The van der Waals surface area contributed by atoms with Gasteiger partial charge in [-0.25, -0.2) is 9.19 Å². The van der Waals surface area contributed by atoms with Gasteiger partial charge >= 0.3 is 6.09 Å². The number of hydrogen-bond acceptors (Lipinski definition) is 5. The van der Waals surface area contributed by atoms with E-state index in [1.807, 2.05) is 32.9 Å². The molecule has 0 fully saturated rings. The Bertz CT molecular complexity index is 1090. The Morgan fingerprint density at radius 2 is 1.64 bits per heavy atom. The summed E-state index contributed by atoms with van der Waals surface area (Å²) in [5, 5.41) is 0.847. The van der Waals surface area contributed by atoms with Crippen molar-refractivity contribution in [3.63, 3.8) is 0 Å². The number of fused-ring (bicyclic) bond motifs is 1. The van der Waals surface area contributed by atoms with Crippen LogP contribution >= 0.6 is 35.1 Å². The number of carbonyl (C=O) groups is 1. The number of methoxy groups -OCH3 is 1. The van der Waals surface area contributed by atoms with Crippen LogP contribution in [0.1, 0.15) is 63.8 Å². The minimum atomic E-state index is -0.536. The van der Waals surface area contributed by atoms with Gasteiger partial charge in [-0.3, -0.25) is 4.90 Å². The highest BCUT2D eigenvalue weighted by molar-refractivity contribution is 7.99. The lowest BCUT2D eigenvalue weighted by atomic mass is 9.98. The molecule has 1 amide bonds. The molecule has 33 heavy (non-hydrogen) atoms. The second-order valence-electron chi connectivity index (χ2n) is 9.93. The summed E-state index contributed by atoms with van der Waals surface area (Å²) in [7, 11) is 1.60. The first kappa shape index (κ1) is 25.7. The number of carbonyl (C=O) groups excluding carboxylic acids is 1. The van der Waals surface area contributed by atoms with E-state index in [4.69, 9.17) is 37.1 Å². The van der Waals surface area contributed by atoms with Crippen molar-refractivity contribution < 1.29 is 14.3 Å². The minimum Gasteiger partial charge on any atom is -0.496 e. The van der Waals surface area contributed by atoms with Gasteiger partial charge in [0, 0.05) is 35.0 Å². The monoisotopic (exact) mass is 508 g/mol. The molecule has 178 valence electrons. The maximum atomic E-state index is 12.6.